The number of hydrogen-bond acceptors (Lipinski definition) is 1. The summed E-state index contributed by atoms with van der Waals surface area (Å²) in [5.74, 6) is 0.557. The van der Waals surface area contributed by atoms with E-state index in [1.165, 1.54) is 5.56 Å². The Morgan fingerprint density at radius 2 is 2.00 bits per heavy atom. The highest BCUT2D eigenvalue weighted by Crippen LogP contribution is 2.12. The maximum atomic E-state index is 5.83. The number of benzene rings is 1. The van der Waals surface area contributed by atoms with Crippen LogP contribution in [0.4, 0.5) is 0 Å². The molecule has 1 rings (SSSR count). The van der Waals surface area contributed by atoms with Crippen molar-refractivity contribution in [2.75, 3.05) is 14.1 Å². The Morgan fingerprint density at radius 1 is 1.44 bits per heavy atom. The van der Waals surface area contributed by atoms with Crippen LogP contribution >= 0.6 is 11.6 Å². The summed E-state index contributed by atoms with van der Waals surface area (Å²) in [6.45, 7) is 2.12. The smallest absolute Gasteiger partial charge is 0.190 e. The van der Waals surface area contributed by atoms with E-state index in [9.17, 15) is 0 Å². The van der Waals surface area contributed by atoms with E-state index < -0.39 is 0 Å². The lowest BCUT2D eigenvalue weighted by Gasteiger charge is -2.25. The topological polar surface area (TPSA) is 41.6 Å². The van der Waals surface area contributed by atoms with Gasteiger partial charge in [-0.1, -0.05) is 23.7 Å². The summed E-state index contributed by atoms with van der Waals surface area (Å²) in [4.78, 5) is 5.93. The highest BCUT2D eigenvalue weighted by Gasteiger charge is 2.11. The van der Waals surface area contributed by atoms with Crippen LogP contribution in [-0.2, 0) is 6.42 Å². The third kappa shape index (κ3) is 3.42. The van der Waals surface area contributed by atoms with Gasteiger partial charge in [0.2, 0.25) is 0 Å². The first-order valence-electron chi connectivity index (χ1n) is 5.24. The Labute approximate surface area is 102 Å². The summed E-state index contributed by atoms with van der Waals surface area (Å²) in [5, 5.41) is 0.763. The fourth-order valence-corrected chi connectivity index (χ4v) is 1.61. The molecule has 1 aromatic rings. The first-order chi connectivity index (χ1) is 7.54. The van der Waals surface area contributed by atoms with Crippen LogP contribution in [-0.4, -0.2) is 31.0 Å². The highest BCUT2D eigenvalue weighted by molar-refractivity contribution is 6.30. The fourth-order valence-electron chi connectivity index (χ4n) is 1.48. The lowest BCUT2D eigenvalue weighted by molar-refractivity contribution is 0.383. The maximum absolute atomic E-state index is 5.83. The average Bonchev–Trinajstić information content (AvgIpc) is 2.30. The third-order valence-corrected chi connectivity index (χ3v) is 2.95. The van der Waals surface area contributed by atoms with Crippen LogP contribution in [0, 0.1) is 0 Å². The number of guanidine groups is 1. The highest BCUT2D eigenvalue weighted by atomic mass is 35.5. The Kier molecular flexibility index (Phi) is 4.62. The van der Waals surface area contributed by atoms with E-state index in [0.29, 0.717) is 12.0 Å². The van der Waals surface area contributed by atoms with Gasteiger partial charge in [0.1, 0.15) is 0 Å². The molecule has 0 radical (unpaired) electrons. The predicted molar refractivity (Wildman–Crippen MR) is 69.9 cm³/mol. The van der Waals surface area contributed by atoms with Crippen molar-refractivity contribution in [1.82, 2.24) is 4.90 Å². The van der Waals surface area contributed by atoms with Crippen molar-refractivity contribution < 1.29 is 0 Å². The van der Waals surface area contributed by atoms with Crippen molar-refractivity contribution in [2.24, 2.45) is 10.7 Å². The standard InChI is InChI=1S/C12H18ClN3/c1-9(16(3)12(14)15-2)8-10-4-6-11(13)7-5-10/h4-7,9H,8H2,1-3H3,(H2,14,15). The molecule has 0 saturated carbocycles. The molecule has 4 heteroatoms. The van der Waals surface area contributed by atoms with E-state index in [-0.39, 0.29) is 0 Å². The van der Waals surface area contributed by atoms with Crippen LogP contribution in [0.25, 0.3) is 0 Å². The van der Waals surface area contributed by atoms with Crippen LogP contribution < -0.4 is 5.73 Å². The molecule has 0 aliphatic rings. The van der Waals surface area contributed by atoms with Gasteiger partial charge in [-0.15, -0.1) is 0 Å². The number of likely N-dealkylation sites (N-methyl/N-ethyl adjacent to an activating group) is 1. The van der Waals surface area contributed by atoms with Gasteiger partial charge in [0.05, 0.1) is 0 Å². The van der Waals surface area contributed by atoms with Gasteiger partial charge in [-0.25, -0.2) is 0 Å². The van der Waals surface area contributed by atoms with Crippen molar-refractivity contribution in [1.29, 1.82) is 0 Å². The predicted octanol–water partition coefficient (Wildman–Crippen LogP) is 2.15. The van der Waals surface area contributed by atoms with E-state index in [1.807, 2.05) is 36.2 Å². The van der Waals surface area contributed by atoms with Crippen LogP contribution in [0.1, 0.15) is 12.5 Å². The van der Waals surface area contributed by atoms with E-state index in [1.54, 1.807) is 7.05 Å². The van der Waals surface area contributed by atoms with E-state index >= 15 is 0 Å². The molecule has 0 fully saturated rings. The summed E-state index contributed by atoms with van der Waals surface area (Å²) in [6.07, 6.45) is 0.921. The number of hydrogen-bond donors (Lipinski definition) is 1. The van der Waals surface area contributed by atoms with Gasteiger partial charge < -0.3 is 10.6 Å². The molecule has 88 valence electrons. The number of nitrogens with zero attached hydrogens (tertiary/aromatic N) is 2. The van der Waals surface area contributed by atoms with Crippen molar-refractivity contribution in [3.63, 3.8) is 0 Å². The SMILES string of the molecule is CN=C(N)N(C)C(C)Cc1ccc(Cl)cc1. The Morgan fingerprint density at radius 3 is 2.50 bits per heavy atom. The van der Waals surface area contributed by atoms with Crippen LogP contribution in [0.2, 0.25) is 5.02 Å². The molecule has 0 aliphatic heterocycles. The van der Waals surface area contributed by atoms with E-state index in [4.69, 9.17) is 17.3 Å². The number of nitrogens with two attached hydrogens (primary N) is 1. The largest absolute Gasteiger partial charge is 0.370 e. The summed E-state index contributed by atoms with van der Waals surface area (Å²) in [6, 6.07) is 8.18. The molecule has 0 amide bonds. The maximum Gasteiger partial charge on any atom is 0.190 e. The van der Waals surface area contributed by atoms with E-state index in [2.05, 4.69) is 11.9 Å². The normalized spacial score (nSPS) is 13.6. The summed E-state index contributed by atoms with van der Waals surface area (Å²) in [5.41, 5.74) is 6.99. The molecule has 0 heterocycles. The second-order valence-corrected chi connectivity index (χ2v) is 4.31. The zero-order chi connectivity index (χ0) is 12.1. The first-order valence-corrected chi connectivity index (χ1v) is 5.62. The lowest BCUT2D eigenvalue weighted by atomic mass is 10.1. The molecule has 1 aromatic carbocycles. The lowest BCUT2D eigenvalue weighted by Crippen LogP contribution is -2.41. The van der Waals surface area contributed by atoms with Gasteiger partial charge in [0.25, 0.3) is 0 Å². The summed E-state index contributed by atoms with van der Waals surface area (Å²) in [7, 11) is 3.64. The number of aliphatic imine (C=N–C) groups is 1. The molecule has 1 unspecified atom stereocenters. The molecule has 16 heavy (non-hydrogen) atoms. The monoisotopic (exact) mass is 239 g/mol. The summed E-state index contributed by atoms with van der Waals surface area (Å²) < 4.78 is 0. The Balaban J connectivity index is 2.64. The molecule has 0 spiro atoms. The van der Waals surface area contributed by atoms with Crippen molar-refractivity contribution in [3.8, 4) is 0 Å². The molecule has 0 saturated heterocycles. The van der Waals surface area contributed by atoms with Crippen molar-refractivity contribution >= 4 is 17.6 Å². The molecule has 2 N–H and O–H groups in total. The molecular formula is C12H18ClN3. The molecule has 3 nitrogen and oxygen atoms in total. The quantitative estimate of drug-likeness (QED) is 0.649. The summed E-state index contributed by atoms with van der Waals surface area (Å²) >= 11 is 5.83. The van der Waals surface area contributed by atoms with Gasteiger partial charge in [-0.2, -0.15) is 0 Å². The molecule has 0 aromatic heterocycles. The molecule has 0 bridgehead atoms. The molecule has 1 atom stereocenters. The molecule has 0 aliphatic carbocycles. The first kappa shape index (κ1) is 12.8. The van der Waals surface area contributed by atoms with Crippen molar-refractivity contribution in [3.05, 3.63) is 34.9 Å². The Bertz CT molecular complexity index is 359. The fraction of sp³-hybridized carbons (Fsp3) is 0.417. The van der Waals surface area contributed by atoms with Crippen LogP contribution in [0.5, 0.6) is 0 Å². The minimum atomic E-state index is 0.310. The number of halogens is 1. The van der Waals surface area contributed by atoms with Gasteiger partial charge in [-0.3, -0.25) is 4.99 Å². The second kappa shape index (κ2) is 5.75. The van der Waals surface area contributed by atoms with Crippen molar-refractivity contribution in [2.45, 2.75) is 19.4 Å². The third-order valence-electron chi connectivity index (χ3n) is 2.70. The number of rotatable bonds is 3. The Hall–Kier alpha value is -1.22. The van der Waals surface area contributed by atoms with E-state index in [0.717, 1.165) is 11.4 Å². The zero-order valence-corrected chi connectivity index (χ0v) is 10.7. The minimum absolute atomic E-state index is 0.310. The van der Waals surface area contributed by atoms with Crippen LogP contribution in [0.15, 0.2) is 29.3 Å². The van der Waals surface area contributed by atoms with Gasteiger partial charge in [0.15, 0.2) is 5.96 Å². The van der Waals surface area contributed by atoms with Gasteiger partial charge in [0, 0.05) is 25.2 Å². The second-order valence-electron chi connectivity index (χ2n) is 3.87. The van der Waals surface area contributed by atoms with Crippen LogP contribution in [0.3, 0.4) is 0 Å². The molecular weight excluding hydrogens is 222 g/mol. The zero-order valence-electron chi connectivity index (χ0n) is 9.94. The van der Waals surface area contributed by atoms with Gasteiger partial charge >= 0.3 is 0 Å². The average molecular weight is 240 g/mol. The minimum Gasteiger partial charge on any atom is -0.370 e. The van der Waals surface area contributed by atoms with Gasteiger partial charge in [-0.05, 0) is 31.0 Å².